The molecule has 8 rings (SSSR count). The predicted molar refractivity (Wildman–Crippen MR) is 86.0 cm³/mol. The molecule has 0 N–H and O–H groups in total. The normalized spacial score (nSPS) is 77.5. The molecule has 8 aliphatic carbocycles. The van der Waals surface area contributed by atoms with E-state index in [9.17, 15) is 0 Å². The summed E-state index contributed by atoms with van der Waals surface area (Å²) in [6, 6.07) is 0. The Labute approximate surface area is 134 Å². The van der Waals surface area contributed by atoms with Gasteiger partial charge in [-0.05, 0) is 121 Å². The molecule has 3 spiro atoms. The van der Waals surface area contributed by atoms with Gasteiger partial charge in [-0.2, -0.15) is 0 Å². The third kappa shape index (κ3) is 0.767. The van der Waals surface area contributed by atoms with Crippen LogP contribution in [0.1, 0.15) is 70.6 Å². The van der Waals surface area contributed by atoms with Crippen molar-refractivity contribution in [2.75, 3.05) is 0 Å². The summed E-state index contributed by atoms with van der Waals surface area (Å²) in [6.45, 7) is 0. The second-order valence-corrected chi connectivity index (χ2v) is 11.4. The van der Waals surface area contributed by atoms with Crippen molar-refractivity contribution in [1.29, 1.82) is 0 Å². The van der Waals surface area contributed by atoms with E-state index in [1.807, 2.05) is 0 Å². The first-order valence-corrected chi connectivity index (χ1v) is 10.8. The fourth-order valence-electron chi connectivity index (χ4n) is 12.3. The molecule has 8 fully saturated rings. The predicted octanol–water partition coefficient (Wildman–Crippen LogP) is 5.28. The van der Waals surface area contributed by atoms with E-state index in [0.29, 0.717) is 0 Å². The third-order valence-corrected chi connectivity index (χ3v) is 12.2. The first kappa shape index (κ1) is 11.5. The molecule has 0 aromatic carbocycles. The molecular weight excluding hydrogens is 264 g/mol. The molecule has 3 bridgehead atoms. The van der Waals surface area contributed by atoms with Crippen molar-refractivity contribution in [3.63, 3.8) is 0 Å². The molecule has 0 aromatic rings. The van der Waals surface area contributed by atoms with E-state index >= 15 is 0 Å². The lowest BCUT2D eigenvalue weighted by atomic mass is 9.10. The Kier molecular flexibility index (Phi) is 1.57. The molecule has 8 saturated carbocycles. The number of rotatable bonds is 0. The van der Waals surface area contributed by atoms with Gasteiger partial charge in [0.05, 0.1) is 0 Å². The molecule has 0 radical (unpaired) electrons. The van der Waals surface area contributed by atoms with Crippen LogP contribution < -0.4 is 0 Å². The van der Waals surface area contributed by atoms with E-state index in [4.69, 9.17) is 0 Å². The standard InChI is InChI=1S/C22H30/c1-3-13-7-17-16-6-5-15-9-19-18-8-14-4-2-12(1)10-20(13,14)11-21(17,18)22(15,16)19/h12-19H,1-11H2. The van der Waals surface area contributed by atoms with Crippen LogP contribution >= 0.6 is 0 Å². The number of hydrogen-bond acceptors (Lipinski definition) is 0. The van der Waals surface area contributed by atoms with Gasteiger partial charge in [0, 0.05) is 0 Å². The van der Waals surface area contributed by atoms with Crippen molar-refractivity contribution >= 4 is 0 Å². The lowest BCUT2D eigenvalue weighted by Gasteiger charge is -2.94. The highest BCUT2D eigenvalue weighted by atomic mass is 15.0. The van der Waals surface area contributed by atoms with Crippen LogP contribution in [-0.4, -0.2) is 0 Å². The Morgan fingerprint density at radius 2 is 1.27 bits per heavy atom. The topological polar surface area (TPSA) is 0 Å². The fraction of sp³-hybridized carbons (Fsp3) is 1.00. The van der Waals surface area contributed by atoms with E-state index < -0.39 is 0 Å². The van der Waals surface area contributed by atoms with Gasteiger partial charge in [0.25, 0.3) is 0 Å². The highest BCUT2D eigenvalue weighted by Crippen LogP contribution is 2.99. The van der Waals surface area contributed by atoms with Gasteiger partial charge in [0.15, 0.2) is 0 Å². The number of hydrogen-bond donors (Lipinski definition) is 0. The second-order valence-electron chi connectivity index (χ2n) is 11.4. The average Bonchev–Trinajstić information content (AvgIpc) is 2.85. The van der Waals surface area contributed by atoms with Gasteiger partial charge >= 0.3 is 0 Å². The van der Waals surface area contributed by atoms with Gasteiger partial charge in [-0.25, -0.2) is 0 Å². The Balaban J connectivity index is 1.34. The summed E-state index contributed by atoms with van der Waals surface area (Å²) < 4.78 is 0. The Hall–Kier alpha value is 0. The molecule has 0 aliphatic heterocycles. The van der Waals surface area contributed by atoms with E-state index in [1.54, 1.807) is 70.6 Å². The van der Waals surface area contributed by atoms with Crippen LogP contribution in [0.2, 0.25) is 0 Å². The minimum absolute atomic E-state index is 0.890. The van der Waals surface area contributed by atoms with Crippen LogP contribution in [-0.2, 0) is 0 Å². The van der Waals surface area contributed by atoms with E-state index in [1.165, 1.54) is 41.4 Å². The summed E-state index contributed by atoms with van der Waals surface area (Å²) in [4.78, 5) is 0. The molecule has 0 heteroatoms. The first-order valence-electron chi connectivity index (χ1n) is 10.8. The van der Waals surface area contributed by atoms with Crippen LogP contribution in [0.15, 0.2) is 0 Å². The monoisotopic (exact) mass is 294 g/mol. The smallest absolute Gasteiger partial charge is 0.0145 e. The van der Waals surface area contributed by atoms with Gasteiger partial charge < -0.3 is 0 Å². The molecule has 11 unspecified atom stereocenters. The van der Waals surface area contributed by atoms with Crippen molar-refractivity contribution in [2.45, 2.75) is 70.6 Å². The van der Waals surface area contributed by atoms with Crippen LogP contribution in [0, 0.1) is 63.6 Å². The maximum absolute atomic E-state index is 1.77. The molecule has 0 aromatic heterocycles. The summed E-state index contributed by atoms with van der Waals surface area (Å²) in [6.07, 6.45) is 18.4. The van der Waals surface area contributed by atoms with Crippen LogP contribution in [0.4, 0.5) is 0 Å². The zero-order valence-corrected chi connectivity index (χ0v) is 13.9. The van der Waals surface area contributed by atoms with Gasteiger partial charge in [-0.3, -0.25) is 0 Å². The first-order chi connectivity index (χ1) is 10.8. The van der Waals surface area contributed by atoms with Crippen LogP contribution in [0.25, 0.3) is 0 Å². The molecule has 0 amide bonds. The van der Waals surface area contributed by atoms with Crippen molar-refractivity contribution < 1.29 is 0 Å². The van der Waals surface area contributed by atoms with Crippen LogP contribution in [0.3, 0.4) is 0 Å². The van der Waals surface area contributed by atoms with Crippen LogP contribution in [0.5, 0.6) is 0 Å². The molecular formula is C22H30. The second kappa shape index (κ2) is 2.99. The van der Waals surface area contributed by atoms with E-state index in [2.05, 4.69) is 0 Å². The summed E-state index contributed by atoms with van der Waals surface area (Å²) in [7, 11) is 0. The van der Waals surface area contributed by atoms with Gasteiger partial charge in [-0.1, -0.05) is 12.8 Å². The quantitative estimate of drug-likeness (QED) is 0.570. The number of fused-ring (bicyclic) bond motifs is 3. The Morgan fingerprint density at radius 1 is 0.591 bits per heavy atom. The minimum atomic E-state index is 0.890. The largest absolute Gasteiger partial charge is 0.0501 e. The summed E-state index contributed by atoms with van der Waals surface area (Å²) >= 11 is 0. The van der Waals surface area contributed by atoms with Gasteiger partial charge in [0.2, 0.25) is 0 Å². The van der Waals surface area contributed by atoms with Crippen molar-refractivity contribution in [3.8, 4) is 0 Å². The Morgan fingerprint density at radius 3 is 2.09 bits per heavy atom. The molecule has 0 nitrogen and oxygen atoms in total. The third-order valence-electron chi connectivity index (χ3n) is 12.2. The molecule has 0 saturated heterocycles. The summed E-state index contributed by atoms with van der Waals surface area (Å²) in [5, 5.41) is 0. The zero-order valence-electron chi connectivity index (χ0n) is 13.9. The highest BCUT2D eigenvalue weighted by molar-refractivity contribution is 5.41. The van der Waals surface area contributed by atoms with Crippen molar-refractivity contribution in [1.82, 2.24) is 0 Å². The zero-order chi connectivity index (χ0) is 13.9. The molecule has 8 aliphatic rings. The van der Waals surface area contributed by atoms with Gasteiger partial charge in [-0.15, -0.1) is 0 Å². The summed E-state index contributed by atoms with van der Waals surface area (Å²) in [5.74, 6) is 9.69. The summed E-state index contributed by atoms with van der Waals surface area (Å²) in [5.41, 5.74) is 2.83. The molecule has 11 atom stereocenters. The lowest BCUT2D eigenvalue weighted by molar-refractivity contribution is -0.469. The molecule has 22 heavy (non-hydrogen) atoms. The van der Waals surface area contributed by atoms with E-state index in [0.717, 1.165) is 22.2 Å². The maximum Gasteiger partial charge on any atom is -0.0145 e. The average molecular weight is 294 g/mol. The molecule has 118 valence electrons. The van der Waals surface area contributed by atoms with Crippen molar-refractivity contribution in [2.24, 2.45) is 63.6 Å². The maximum atomic E-state index is 1.77. The SMILES string of the molecule is C1CC2CC3C4CCC5CC6C7CC8CCC1CC28CC37C546. The Bertz CT molecular complexity index is 607. The van der Waals surface area contributed by atoms with Crippen molar-refractivity contribution in [3.05, 3.63) is 0 Å². The minimum Gasteiger partial charge on any atom is -0.0501 e. The lowest BCUT2D eigenvalue weighted by Crippen LogP contribution is -2.89. The van der Waals surface area contributed by atoms with E-state index in [-0.39, 0.29) is 0 Å². The van der Waals surface area contributed by atoms with Gasteiger partial charge in [0.1, 0.15) is 0 Å². The highest BCUT2D eigenvalue weighted by Gasteiger charge is 2.93. The molecule has 0 heterocycles. The fourth-order valence-corrected chi connectivity index (χ4v) is 12.3.